The maximum absolute atomic E-state index is 14.8. The quantitative estimate of drug-likeness (QED) is 0.0287. The van der Waals surface area contributed by atoms with Crippen molar-refractivity contribution in [2.24, 2.45) is 29.2 Å². The minimum atomic E-state index is -5.07. The van der Waals surface area contributed by atoms with Gasteiger partial charge in [0.05, 0.1) is 31.7 Å². The molecule has 1 aromatic rings. The third-order valence-corrected chi connectivity index (χ3v) is 15.7. The number of nitrogens with two attached hydrogens (primary N) is 2. The minimum Gasteiger partial charge on any atom is -0.481 e. The molecule has 512 valence electrons. The number of nitrogens with one attached hydrogen (secondary N) is 8. The number of carboxylic acid groups (broad SMARTS) is 4. The number of carbonyl (C=O) groups excluding carboxylic acids is 11. The van der Waals surface area contributed by atoms with Gasteiger partial charge in [0, 0.05) is 19.5 Å². The van der Waals surface area contributed by atoms with Crippen molar-refractivity contribution in [1.29, 1.82) is 0 Å². The number of primary amides is 1. The van der Waals surface area contributed by atoms with Crippen LogP contribution in [0.1, 0.15) is 125 Å². The Bertz CT molecular complexity index is 2940. The van der Waals surface area contributed by atoms with E-state index >= 15 is 0 Å². The summed E-state index contributed by atoms with van der Waals surface area (Å²) in [7, 11) is -5.07. The van der Waals surface area contributed by atoms with Gasteiger partial charge in [0.1, 0.15) is 66.2 Å². The van der Waals surface area contributed by atoms with Crippen LogP contribution in [0.5, 0.6) is 5.75 Å². The van der Waals surface area contributed by atoms with E-state index in [9.17, 15) is 107 Å². The predicted molar refractivity (Wildman–Crippen MR) is 318 cm³/mol. The lowest BCUT2D eigenvalue weighted by Crippen LogP contribution is -2.62. The Morgan fingerprint density at radius 2 is 0.935 bits per heavy atom. The molecule has 2 heterocycles. The second kappa shape index (κ2) is 35.7. The second-order valence-electron chi connectivity index (χ2n) is 23.1. The van der Waals surface area contributed by atoms with Gasteiger partial charge in [0.25, 0.3) is 0 Å². The monoisotopic (exact) mass is 1320 g/mol. The average Bonchev–Trinajstić information content (AvgIpc) is 1.61. The Balaban J connectivity index is 1.99. The number of amides is 11. The van der Waals surface area contributed by atoms with Crippen LogP contribution in [-0.2, 0) is 82.9 Å². The zero-order valence-electron chi connectivity index (χ0n) is 51.9. The fourth-order valence-corrected chi connectivity index (χ4v) is 10.4. The zero-order valence-corrected chi connectivity index (χ0v) is 52.8. The third kappa shape index (κ3) is 24.4. The van der Waals surface area contributed by atoms with Crippen molar-refractivity contribution in [3.63, 3.8) is 0 Å². The van der Waals surface area contributed by atoms with Crippen LogP contribution in [0.4, 0.5) is 0 Å². The summed E-state index contributed by atoms with van der Waals surface area (Å²) in [6.07, 6.45) is -3.45. The molecule has 0 radical (unpaired) electrons. The molecule has 92 heavy (non-hydrogen) atoms. The van der Waals surface area contributed by atoms with E-state index in [1.165, 1.54) is 28.9 Å². The molecular formula is C56H85N12O23P. The molecule has 0 unspecified atom stereocenters. The molecule has 0 spiro atoms. The summed E-state index contributed by atoms with van der Waals surface area (Å²) in [5.74, 6) is -19.9. The molecule has 2 aliphatic rings. The number of rotatable bonds is 37. The van der Waals surface area contributed by atoms with E-state index in [2.05, 4.69) is 41.7 Å². The molecule has 18 N–H and O–H groups in total. The highest BCUT2D eigenvalue weighted by atomic mass is 31.2. The first-order chi connectivity index (χ1) is 42.9. The molecule has 0 bridgehead atoms. The van der Waals surface area contributed by atoms with Crippen LogP contribution in [0, 0.1) is 17.8 Å². The Morgan fingerprint density at radius 3 is 1.36 bits per heavy atom. The number of aliphatic carboxylic acids is 4. The summed E-state index contributed by atoms with van der Waals surface area (Å²) < 4.78 is 16.2. The molecule has 2 fully saturated rings. The lowest BCUT2D eigenvalue weighted by molar-refractivity contribution is -0.148. The Labute approximate surface area is 528 Å². The highest BCUT2D eigenvalue weighted by molar-refractivity contribution is 7.46. The van der Waals surface area contributed by atoms with E-state index in [0.29, 0.717) is 12.8 Å². The van der Waals surface area contributed by atoms with Gasteiger partial charge >= 0.3 is 31.7 Å². The zero-order chi connectivity index (χ0) is 69.6. The summed E-state index contributed by atoms with van der Waals surface area (Å²) in [5, 5.41) is 56.9. The third-order valence-electron chi connectivity index (χ3n) is 15.3. The van der Waals surface area contributed by atoms with Crippen LogP contribution in [0.2, 0.25) is 0 Å². The summed E-state index contributed by atoms with van der Waals surface area (Å²) in [6, 6.07) is -12.9. The lowest BCUT2D eigenvalue weighted by Gasteiger charge is -2.34. The van der Waals surface area contributed by atoms with Gasteiger partial charge in [-0.1, -0.05) is 66.5 Å². The maximum atomic E-state index is 14.8. The second-order valence-corrected chi connectivity index (χ2v) is 24.3. The van der Waals surface area contributed by atoms with Gasteiger partial charge in [-0.05, 0) is 74.5 Å². The van der Waals surface area contributed by atoms with Crippen LogP contribution >= 0.6 is 7.82 Å². The molecule has 35 nitrogen and oxygen atoms in total. The highest BCUT2D eigenvalue weighted by Crippen LogP contribution is 2.37. The molecule has 2 aliphatic heterocycles. The number of carbonyl (C=O) groups is 15. The molecule has 0 aliphatic carbocycles. The van der Waals surface area contributed by atoms with Crippen molar-refractivity contribution in [3.05, 3.63) is 29.8 Å². The average molecular weight is 1330 g/mol. The van der Waals surface area contributed by atoms with Crippen LogP contribution < -0.4 is 58.5 Å². The molecule has 0 aromatic heterocycles. The van der Waals surface area contributed by atoms with Crippen molar-refractivity contribution < 1.29 is 111 Å². The van der Waals surface area contributed by atoms with Gasteiger partial charge < -0.3 is 88.8 Å². The molecule has 11 amide bonds. The Morgan fingerprint density at radius 1 is 0.533 bits per heavy atom. The number of benzene rings is 1. The van der Waals surface area contributed by atoms with E-state index < -0.39 is 207 Å². The SMILES string of the molecule is CC[C@H](C)[C@H](NC(=O)[C@H](Cc1ccc(OP(=O)(O)O)cc1)NC(=O)[C@H](CC(=O)O)NC(=O)[C@H](CC(N)=O)NC(=O)[C@H](CC(=O)O)NC(=O)[C@H](C)N)C(=O)N[C@H](C(=O)N1CCC[C@H]1C(=O)N[C@@H](CC(C)C)C(=O)N1CCC[C@H]1C(=O)N[C@@H](CC(=O)O)C(=O)O)[C@@H](C)CC. The van der Waals surface area contributed by atoms with E-state index in [4.69, 9.17) is 11.5 Å². The lowest BCUT2D eigenvalue weighted by atomic mass is 9.94. The van der Waals surface area contributed by atoms with Gasteiger partial charge in [-0.15, -0.1) is 0 Å². The Kier molecular flexibility index (Phi) is 30.0. The fraction of sp³-hybridized carbons (Fsp3) is 0.625. The van der Waals surface area contributed by atoms with E-state index in [-0.39, 0.29) is 62.4 Å². The maximum Gasteiger partial charge on any atom is 0.524 e. The van der Waals surface area contributed by atoms with Crippen LogP contribution in [0.25, 0.3) is 0 Å². The summed E-state index contributed by atoms with van der Waals surface area (Å²) in [6.45, 7) is 11.4. The fourth-order valence-electron chi connectivity index (χ4n) is 10.0. The first kappa shape index (κ1) is 77.4. The van der Waals surface area contributed by atoms with E-state index in [0.717, 1.165) is 12.1 Å². The first-order valence-electron chi connectivity index (χ1n) is 29.7. The van der Waals surface area contributed by atoms with Gasteiger partial charge in [-0.3, -0.25) is 76.9 Å². The predicted octanol–water partition coefficient (Wildman–Crippen LogP) is -3.57. The number of nitrogens with zero attached hydrogens (tertiary/aromatic N) is 2. The minimum absolute atomic E-state index is 0.0165. The number of carboxylic acids is 4. The number of phosphoric acid groups is 1. The molecule has 0 saturated carbocycles. The van der Waals surface area contributed by atoms with Crippen molar-refractivity contribution in [2.75, 3.05) is 13.1 Å². The van der Waals surface area contributed by atoms with Crippen LogP contribution in [0.3, 0.4) is 0 Å². The molecule has 1 aromatic carbocycles. The molecule has 36 heteroatoms. The molecular weight excluding hydrogens is 1240 g/mol. The van der Waals surface area contributed by atoms with Crippen molar-refractivity contribution in [2.45, 2.75) is 192 Å². The van der Waals surface area contributed by atoms with Crippen molar-refractivity contribution in [3.8, 4) is 5.75 Å². The van der Waals surface area contributed by atoms with Crippen LogP contribution in [-0.4, -0.2) is 208 Å². The van der Waals surface area contributed by atoms with Gasteiger partial charge in [0.2, 0.25) is 65.0 Å². The summed E-state index contributed by atoms with van der Waals surface area (Å²) in [4.78, 5) is 220. The van der Waals surface area contributed by atoms with Crippen molar-refractivity contribution >= 4 is 96.7 Å². The summed E-state index contributed by atoms with van der Waals surface area (Å²) >= 11 is 0. The number of phosphoric ester groups is 1. The highest BCUT2D eigenvalue weighted by Gasteiger charge is 2.44. The van der Waals surface area contributed by atoms with Crippen molar-refractivity contribution in [1.82, 2.24) is 52.3 Å². The molecule has 13 atom stereocenters. The van der Waals surface area contributed by atoms with E-state index in [1.807, 2.05) is 5.32 Å². The number of hydrogen-bond donors (Lipinski definition) is 16. The normalized spacial score (nSPS) is 18.2. The van der Waals surface area contributed by atoms with Gasteiger partial charge in [0.15, 0.2) is 0 Å². The van der Waals surface area contributed by atoms with Crippen LogP contribution in [0.15, 0.2) is 24.3 Å². The number of likely N-dealkylation sites (tertiary alicyclic amines) is 2. The van der Waals surface area contributed by atoms with E-state index in [1.54, 1.807) is 41.5 Å². The smallest absolute Gasteiger partial charge is 0.481 e. The largest absolute Gasteiger partial charge is 0.524 e. The first-order valence-corrected chi connectivity index (χ1v) is 31.2. The molecule has 2 saturated heterocycles. The van der Waals surface area contributed by atoms with Gasteiger partial charge in [-0.2, -0.15) is 0 Å². The van der Waals surface area contributed by atoms with Gasteiger partial charge in [-0.25, -0.2) is 9.36 Å². The molecule has 3 rings (SSSR count). The standard InChI is InChI=1S/C56H85N12O23P/c1-8-27(5)44(53(83)66-45(28(6)9-2)55(85)68-19-11-13-39(68)51(81)63-36(20-26(3)4)54(84)67-18-10-12-38(67)52(82)64-37(56(86)87)25-43(74)75)65-50(80)32(21-30-14-16-31(17-15-30)91-92(88,89)90)60-49(79)35(24-42(72)73)62-47(77)33(22-40(58)69)61-48(78)34(23-41(70)71)59-46(76)29(7)57/h14-17,26-29,32-39,44-45H,8-13,18-25,57H2,1-7H3,(H2,58,69)(H,59,76)(H,60,79)(H,61,78)(H,62,77)(H,63,81)(H,64,82)(H,65,80)(H,66,83)(H,70,71)(H,72,73)(H,74,75)(H,86,87)(H2,88,89,90)/t27-,28-,29-,32-,33-,34-,35-,36-,37-,38-,39-,44-,45-/m0/s1. The number of hydrogen-bond acceptors (Lipinski definition) is 18. The summed E-state index contributed by atoms with van der Waals surface area (Å²) in [5.41, 5.74) is 11.0. The topological polar surface area (TPSA) is 558 Å². The Hall–Kier alpha value is -8.82.